The molecule has 0 radical (unpaired) electrons. The van der Waals surface area contributed by atoms with Crippen molar-refractivity contribution in [3.63, 3.8) is 0 Å². The molecule has 0 aliphatic heterocycles. The maximum Gasteiger partial charge on any atom is 0.379 e. The molecule has 0 bridgehead atoms. The van der Waals surface area contributed by atoms with Gasteiger partial charge in [-0.15, -0.1) is 0 Å². The topological polar surface area (TPSA) is 69.4 Å². The zero-order valence-electron chi connectivity index (χ0n) is 6.97. The third kappa shape index (κ3) is 2.51. The summed E-state index contributed by atoms with van der Waals surface area (Å²) in [5, 5.41) is 10.1. The van der Waals surface area contributed by atoms with E-state index in [9.17, 15) is 19.4 Å². The van der Waals surface area contributed by atoms with Gasteiger partial charge < -0.3 is 0 Å². The largest absolute Gasteiger partial charge is 0.379 e. The van der Waals surface area contributed by atoms with Crippen LogP contribution in [0, 0.1) is 10.1 Å². The van der Waals surface area contributed by atoms with Gasteiger partial charge in [0.25, 0.3) is 0 Å². The van der Waals surface area contributed by atoms with Gasteiger partial charge in [0.2, 0.25) is 6.54 Å². The molecule has 1 aromatic carbocycles. The van der Waals surface area contributed by atoms with Crippen molar-refractivity contribution in [3.05, 3.63) is 45.5 Å². The summed E-state index contributed by atoms with van der Waals surface area (Å²) in [6.07, 6.45) is 0. The smallest absolute Gasteiger partial charge is 0.264 e. The SMILES string of the molecule is O=C(OF)c1cccc(C[N+](=O)[O-])c1. The number of hydrogen-bond acceptors (Lipinski definition) is 4. The molecule has 0 unspecified atom stereocenters. The van der Waals surface area contributed by atoms with E-state index in [1.807, 2.05) is 0 Å². The van der Waals surface area contributed by atoms with Gasteiger partial charge in [0.1, 0.15) is 0 Å². The number of halogens is 1. The van der Waals surface area contributed by atoms with Crippen LogP contribution < -0.4 is 0 Å². The molecule has 0 aromatic heterocycles. The molecular formula is C8H6FNO4. The summed E-state index contributed by atoms with van der Waals surface area (Å²) in [5.41, 5.74) is 0.268. The van der Waals surface area contributed by atoms with Gasteiger partial charge in [-0.1, -0.05) is 12.1 Å². The minimum Gasteiger partial charge on any atom is -0.264 e. The molecule has 0 saturated heterocycles. The number of rotatable bonds is 3. The van der Waals surface area contributed by atoms with Crippen LogP contribution >= 0.6 is 0 Å². The highest BCUT2D eigenvalue weighted by Crippen LogP contribution is 2.07. The summed E-state index contributed by atoms with van der Waals surface area (Å²) in [5.74, 6) is -1.16. The first-order valence-corrected chi connectivity index (χ1v) is 3.67. The predicted octanol–water partition coefficient (Wildman–Crippen LogP) is 1.50. The summed E-state index contributed by atoms with van der Waals surface area (Å²) < 4.78 is 11.5. The minimum atomic E-state index is -1.16. The van der Waals surface area contributed by atoms with Crippen LogP contribution in [-0.4, -0.2) is 10.9 Å². The van der Waals surface area contributed by atoms with Gasteiger partial charge in [0, 0.05) is 15.0 Å². The lowest BCUT2D eigenvalue weighted by molar-refractivity contribution is -0.496. The second-order valence-electron chi connectivity index (χ2n) is 2.56. The number of nitrogens with zero attached hydrogens (tertiary/aromatic N) is 1. The van der Waals surface area contributed by atoms with E-state index in [1.54, 1.807) is 0 Å². The van der Waals surface area contributed by atoms with Crippen LogP contribution in [0.5, 0.6) is 0 Å². The average Bonchev–Trinajstić information content (AvgIpc) is 2.16. The van der Waals surface area contributed by atoms with Crippen molar-refractivity contribution >= 4 is 5.97 Å². The molecule has 0 aliphatic rings. The van der Waals surface area contributed by atoms with Crippen LogP contribution in [0.2, 0.25) is 0 Å². The van der Waals surface area contributed by atoms with Crippen molar-refractivity contribution in [2.45, 2.75) is 6.54 Å². The van der Waals surface area contributed by atoms with Crippen LogP contribution in [0.3, 0.4) is 0 Å². The Labute approximate surface area is 78.2 Å². The lowest BCUT2D eigenvalue weighted by Crippen LogP contribution is -2.02. The van der Waals surface area contributed by atoms with Gasteiger partial charge in [0.15, 0.2) is 0 Å². The number of nitro groups is 1. The maximum atomic E-state index is 11.5. The van der Waals surface area contributed by atoms with Crippen molar-refractivity contribution in [1.29, 1.82) is 0 Å². The summed E-state index contributed by atoms with van der Waals surface area (Å²) in [6, 6.07) is 5.42. The number of benzene rings is 1. The molecule has 14 heavy (non-hydrogen) atoms. The molecule has 0 spiro atoms. The van der Waals surface area contributed by atoms with E-state index in [1.165, 1.54) is 24.3 Å². The van der Waals surface area contributed by atoms with Crippen molar-refractivity contribution in [2.24, 2.45) is 0 Å². The molecule has 0 amide bonds. The Morgan fingerprint density at radius 2 is 2.29 bits per heavy atom. The van der Waals surface area contributed by atoms with E-state index in [4.69, 9.17) is 0 Å². The third-order valence-corrected chi connectivity index (χ3v) is 1.54. The van der Waals surface area contributed by atoms with Gasteiger partial charge in [0.05, 0.1) is 5.56 Å². The van der Waals surface area contributed by atoms with Crippen LogP contribution in [-0.2, 0) is 11.5 Å². The van der Waals surface area contributed by atoms with E-state index in [-0.39, 0.29) is 5.56 Å². The van der Waals surface area contributed by atoms with Crippen molar-refractivity contribution in [1.82, 2.24) is 0 Å². The molecular weight excluding hydrogens is 193 g/mol. The van der Waals surface area contributed by atoms with Crippen molar-refractivity contribution < 1.29 is 19.2 Å². The second kappa shape index (κ2) is 4.31. The number of carbonyl (C=O) groups excluding carboxylic acids is 1. The summed E-state index contributed by atoms with van der Waals surface area (Å²) >= 11 is 0. The summed E-state index contributed by atoms with van der Waals surface area (Å²) in [7, 11) is 0. The highest BCUT2D eigenvalue weighted by molar-refractivity contribution is 5.89. The zero-order chi connectivity index (χ0) is 10.6. The van der Waals surface area contributed by atoms with E-state index < -0.39 is 17.4 Å². The fourth-order valence-electron chi connectivity index (χ4n) is 0.990. The van der Waals surface area contributed by atoms with E-state index in [0.717, 1.165) is 0 Å². The summed E-state index contributed by atoms with van der Waals surface area (Å²) in [4.78, 5) is 23.3. The van der Waals surface area contributed by atoms with Gasteiger partial charge >= 0.3 is 5.97 Å². The molecule has 74 valence electrons. The quantitative estimate of drug-likeness (QED) is 0.546. The monoisotopic (exact) mass is 199 g/mol. The average molecular weight is 199 g/mol. The standard InChI is InChI=1S/C8H6FNO4/c9-14-8(11)7-3-1-2-6(4-7)5-10(12)13/h1-4H,5H2. The van der Waals surface area contributed by atoms with E-state index in [0.29, 0.717) is 5.56 Å². The second-order valence-corrected chi connectivity index (χ2v) is 2.56. The Morgan fingerprint density at radius 3 is 2.86 bits per heavy atom. The van der Waals surface area contributed by atoms with E-state index in [2.05, 4.69) is 4.94 Å². The van der Waals surface area contributed by atoms with Gasteiger partial charge in [-0.05, 0) is 12.1 Å². The van der Waals surface area contributed by atoms with Gasteiger partial charge in [-0.3, -0.25) is 10.1 Å². The fourth-order valence-corrected chi connectivity index (χ4v) is 0.990. The molecule has 0 N–H and O–H groups in total. The number of hydrogen-bond donors (Lipinski definition) is 0. The Kier molecular flexibility index (Phi) is 3.11. The Hall–Kier alpha value is -1.98. The van der Waals surface area contributed by atoms with Crippen LogP contribution in [0.15, 0.2) is 24.3 Å². The normalized spacial score (nSPS) is 9.50. The first kappa shape index (κ1) is 10.1. The van der Waals surface area contributed by atoms with Crippen molar-refractivity contribution in [2.75, 3.05) is 0 Å². The lowest BCUT2D eigenvalue weighted by Gasteiger charge is -1.97. The minimum absolute atomic E-state index is 0.0492. The molecule has 1 aromatic rings. The first-order valence-electron chi connectivity index (χ1n) is 3.67. The van der Waals surface area contributed by atoms with Crippen LogP contribution in [0.1, 0.15) is 15.9 Å². The molecule has 0 fully saturated rings. The first-order chi connectivity index (χ1) is 6.63. The molecule has 0 heterocycles. The molecule has 1 rings (SSSR count). The highest BCUT2D eigenvalue weighted by atomic mass is 19.3. The zero-order valence-corrected chi connectivity index (χ0v) is 6.97. The lowest BCUT2D eigenvalue weighted by atomic mass is 10.1. The number of carbonyl (C=O) groups is 1. The Morgan fingerprint density at radius 1 is 1.57 bits per heavy atom. The Balaban J connectivity index is 2.89. The Bertz CT molecular complexity index is 366. The predicted molar refractivity (Wildman–Crippen MR) is 43.7 cm³/mol. The van der Waals surface area contributed by atoms with Gasteiger partial charge in [-0.25, -0.2) is 9.74 Å². The van der Waals surface area contributed by atoms with Crippen LogP contribution in [0.25, 0.3) is 0 Å². The maximum absolute atomic E-state index is 11.5. The highest BCUT2D eigenvalue weighted by Gasteiger charge is 2.09. The molecule has 0 saturated carbocycles. The fraction of sp³-hybridized carbons (Fsp3) is 0.125. The van der Waals surface area contributed by atoms with Crippen molar-refractivity contribution in [3.8, 4) is 0 Å². The molecule has 6 heteroatoms. The molecule has 0 aliphatic carbocycles. The van der Waals surface area contributed by atoms with E-state index >= 15 is 0 Å². The third-order valence-electron chi connectivity index (χ3n) is 1.54. The summed E-state index contributed by atoms with van der Waals surface area (Å²) in [6.45, 7) is -0.409. The molecule has 5 nitrogen and oxygen atoms in total. The van der Waals surface area contributed by atoms with Crippen LogP contribution in [0.4, 0.5) is 4.53 Å². The molecule has 0 atom stereocenters. The van der Waals surface area contributed by atoms with Gasteiger partial charge in [-0.2, -0.15) is 0 Å².